The average Bonchev–Trinajstić information content (AvgIpc) is 3.17. The number of aromatic nitrogens is 3. The summed E-state index contributed by atoms with van der Waals surface area (Å²) in [6.45, 7) is 4.12. The molecule has 1 heterocycles. The Bertz CT molecular complexity index is 1130. The van der Waals surface area contributed by atoms with Crippen LogP contribution in [0.4, 0.5) is 0 Å². The number of rotatable bonds is 6. The quantitative estimate of drug-likeness (QED) is 0.316. The Labute approximate surface area is 174 Å². The first-order chi connectivity index (χ1) is 14.1. The minimum Gasteiger partial charge on any atom is -0.293 e. The van der Waals surface area contributed by atoms with E-state index < -0.39 is 0 Å². The zero-order valence-electron chi connectivity index (χ0n) is 16.4. The molecule has 0 aliphatic heterocycles. The lowest BCUT2D eigenvalue weighted by atomic mass is 10.1. The van der Waals surface area contributed by atoms with E-state index in [9.17, 15) is 4.79 Å². The lowest BCUT2D eigenvalue weighted by Crippen LogP contribution is -2.05. The van der Waals surface area contributed by atoms with Gasteiger partial charge >= 0.3 is 0 Å². The number of ketones is 1. The van der Waals surface area contributed by atoms with Crippen LogP contribution < -0.4 is 0 Å². The number of carbonyl (C=O) groups is 1. The minimum absolute atomic E-state index is 0.0751. The molecule has 0 spiro atoms. The molecular formula is C24H21N3OS. The van der Waals surface area contributed by atoms with Crippen molar-refractivity contribution in [2.75, 3.05) is 5.75 Å². The van der Waals surface area contributed by atoms with Gasteiger partial charge in [-0.2, -0.15) is 0 Å². The maximum Gasteiger partial charge on any atom is 0.196 e. The molecule has 0 aliphatic rings. The SMILES string of the molecule is Cc1ccc(-n2c(SCC(=O)c3ccccc3)nnc2-c2cccc(C)c2)cc1. The van der Waals surface area contributed by atoms with Gasteiger partial charge in [0.15, 0.2) is 16.8 Å². The van der Waals surface area contributed by atoms with E-state index in [2.05, 4.69) is 60.4 Å². The number of Topliss-reactive ketones (excluding diaryl/α,β-unsaturated/α-hetero) is 1. The molecule has 0 saturated carbocycles. The Morgan fingerprint density at radius 2 is 1.62 bits per heavy atom. The molecule has 4 nitrogen and oxygen atoms in total. The van der Waals surface area contributed by atoms with E-state index in [-0.39, 0.29) is 5.78 Å². The first-order valence-electron chi connectivity index (χ1n) is 9.42. The van der Waals surface area contributed by atoms with E-state index in [4.69, 9.17) is 0 Å². The van der Waals surface area contributed by atoms with Gasteiger partial charge in [0, 0.05) is 16.8 Å². The maximum atomic E-state index is 12.6. The molecule has 4 rings (SSSR count). The normalized spacial score (nSPS) is 10.8. The number of thioether (sulfide) groups is 1. The van der Waals surface area contributed by atoms with Crippen LogP contribution in [0.1, 0.15) is 21.5 Å². The summed E-state index contributed by atoms with van der Waals surface area (Å²) in [4.78, 5) is 12.6. The van der Waals surface area contributed by atoms with Gasteiger partial charge in [-0.1, -0.05) is 83.6 Å². The fourth-order valence-electron chi connectivity index (χ4n) is 3.10. The molecule has 0 N–H and O–H groups in total. The summed E-state index contributed by atoms with van der Waals surface area (Å²) in [5.74, 6) is 1.15. The van der Waals surface area contributed by atoms with Crippen LogP contribution in [0.25, 0.3) is 17.1 Å². The van der Waals surface area contributed by atoms with Gasteiger partial charge in [-0.05, 0) is 32.0 Å². The summed E-state index contributed by atoms with van der Waals surface area (Å²) >= 11 is 1.41. The fourth-order valence-corrected chi connectivity index (χ4v) is 3.95. The molecule has 4 aromatic rings. The van der Waals surface area contributed by atoms with Crippen LogP contribution in [-0.2, 0) is 0 Å². The summed E-state index contributed by atoms with van der Waals surface area (Å²) in [5.41, 5.74) is 5.04. The first-order valence-corrected chi connectivity index (χ1v) is 10.4. The summed E-state index contributed by atoms with van der Waals surface area (Å²) in [6.07, 6.45) is 0. The molecule has 5 heteroatoms. The van der Waals surface area contributed by atoms with Crippen LogP contribution in [0.3, 0.4) is 0 Å². The molecule has 0 bridgehead atoms. The molecule has 1 aromatic heterocycles. The third-order valence-electron chi connectivity index (χ3n) is 4.63. The number of carbonyl (C=O) groups excluding carboxylic acids is 1. The van der Waals surface area contributed by atoms with Gasteiger partial charge < -0.3 is 0 Å². The standard InChI is InChI=1S/C24H21N3OS/c1-17-11-13-21(14-12-17)27-23(20-10-6-7-18(2)15-20)25-26-24(27)29-16-22(28)19-8-4-3-5-9-19/h3-15H,16H2,1-2H3. The molecule has 29 heavy (non-hydrogen) atoms. The second-order valence-corrected chi connectivity index (χ2v) is 7.87. The largest absolute Gasteiger partial charge is 0.293 e. The molecule has 0 fully saturated rings. The minimum atomic E-state index is 0.0751. The second-order valence-electron chi connectivity index (χ2n) is 6.92. The van der Waals surface area contributed by atoms with Crippen LogP contribution >= 0.6 is 11.8 Å². The van der Waals surface area contributed by atoms with Crippen molar-refractivity contribution < 1.29 is 4.79 Å². The molecule has 0 amide bonds. The van der Waals surface area contributed by atoms with E-state index in [0.29, 0.717) is 16.5 Å². The third-order valence-corrected chi connectivity index (χ3v) is 5.56. The van der Waals surface area contributed by atoms with E-state index in [1.165, 1.54) is 17.3 Å². The molecule has 0 radical (unpaired) electrons. The zero-order chi connectivity index (χ0) is 20.2. The van der Waals surface area contributed by atoms with E-state index in [1.807, 2.05) is 47.0 Å². The predicted molar refractivity (Wildman–Crippen MR) is 118 cm³/mol. The highest BCUT2D eigenvalue weighted by atomic mass is 32.2. The monoisotopic (exact) mass is 399 g/mol. The maximum absolute atomic E-state index is 12.6. The highest BCUT2D eigenvalue weighted by Crippen LogP contribution is 2.29. The van der Waals surface area contributed by atoms with Crippen LogP contribution in [0.2, 0.25) is 0 Å². The van der Waals surface area contributed by atoms with E-state index >= 15 is 0 Å². The third kappa shape index (κ3) is 4.30. The Hall–Kier alpha value is -3.18. The highest BCUT2D eigenvalue weighted by Gasteiger charge is 2.17. The Balaban J connectivity index is 1.70. The van der Waals surface area contributed by atoms with Gasteiger partial charge in [0.05, 0.1) is 5.75 Å². The van der Waals surface area contributed by atoms with Crippen LogP contribution in [-0.4, -0.2) is 26.3 Å². The number of nitrogens with zero attached hydrogens (tertiary/aromatic N) is 3. The lowest BCUT2D eigenvalue weighted by molar-refractivity contribution is 0.102. The predicted octanol–water partition coefficient (Wildman–Crippen LogP) is 5.53. The number of benzene rings is 3. The lowest BCUT2D eigenvalue weighted by Gasteiger charge is -2.11. The van der Waals surface area contributed by atoms with Crippen molar-refractivity contribution in [3.63, 3.8) is 0 Å². The number of hydrogen-bond acceptors (Lipinski definition) is 4. The van der Waals surface area contributed by atoms with Crippen molar-refractivity contribution in [3.05, 3.63) is 95.6 Å². The van der Waals surface area contributed by atoms with Crippen molar-refractivity contribution in [2.45, 2.75) is 19.0 Å². The summed E-state index contributed by atoms with van der Waals surface area (Å²) in [6, 6.07) is 25.8. The number of hydrogen-bond donors (Lipinski definition) is 0. The van der Waals surface area contributed by atoms with Gasteiger partial charge in [-0.15, -0.1) is 10.2 Å². The summed E-state index contributed by atoms with van der Waals surface area (Å²) in [7, 11) is 0. The molecule has 0 aliphatic carbocycles. The summed E-state index contributed by atoms with van der Waals surface area (Å²) < 4.78 is 2.02. The van der Waals surface area contributed by atoms with Gasteiger partial charge in [0.25, 0.3) is 0 Å². The van der Waals surface area contributed by atoms with Gasteiger partial charge in [-0.3, -0.25) is 9.36 Å². The van der Waals surface area contributed by atoms with Crippen LogP contribution in [0.15, 0.2) is 84.0 Å². The molecule has 3 aromatic carbocycles. The van der Waals surface area contributed by atoms with Crippen molar-refractivity contribution in [3.8, 4) is 17.1 Å². The molecule has 0 saturated heterocycles. The van der Waals surface area contributed by atoms with Crippen LogP contribution in [0, 0.1) is 13.8 Å². The Kier molecular flexibility index (Phi) is 5.58. The second kappa shape index (κ2) is 8.45. The highest BCUT2D eigenvalue weighted by molar-refractivity contribution is 7.99. The van der Waals surface area contributed by atoms with Crippen molar-refractivity contribution in [1.82, 2.24) is 14.8 Å². The van der Waals surface area contributed by atoms with Crippen molar-refractivity contribution in [1.29, 1.82) is 0 Å². The van der Waals surface area contributed by atoms with Crippen LogP contribution in [0.5, 0.6) is 0 Å². The average molecular weight is 400 g/mol. The van der Waals surface area contributed by atoms with E-state index in [1.54, 1.807) is 0 Å². The van der Waals surface area contributed by atoms with Gasteiger partial charge in [0.2, 0.25) is 0 Å². The molecule has 0 atom stereocenters. The topological polar surface area (TPSA) is 47.8 Å². The molecular weight excluding hydrogens is 378 g/mol. The zero-order valence-corrected chi connectivity index (χ0v) is 17.2. The van der Waals surface area contributed by atoms with Gasteiger partial charge in [-0.25, -0.2) is 0 Å². The number of aryl methyl sites for hydroxylation is 2. The Morgan fingerprint density at radius 1 is 0.862 bits per heavy atom. The summed E-state index contributed by atoms with van der Waals surface area (Å²) in [5, 5.41) is 9.57. The van der Waals surface area contributed by atoms with Gasteiger partial charge in [0.1, 0.15) is 0 Å². The van der Waals surface area contributed by atoms with E-state index in [0.717, 1.165) is 22.6 Å². The smallest absolute Gasteiger partial charge is 0.196 e. The molecule has 144 valence electrons. The Morgan fingerprint density at radius 3 is 2.34 bits per heavy atom. The molecule has 0 unspecified atom stereocenters. The fraction of sp³-hybridized carbons (Fsp3) is 0.125. The van der Waals surface area contributed by atoms with Crippen molar-refractivity contribution >= 4 is 17.5 Å². The van der Waals surface area contributed by atoms with Crippen molar-refractivity contribution in [2.24, 2.45) is 0 Å². The first kappa shape index (κ1) is 19.2.